The van der Waals surface area contributed by atoms with E-state index in [1.807, 2.05) is 37.3 Å². The van der Waals surface area contributed by atoms with E-state index in [1.165, 1.54) is 11.8 Å². The smallest absolute Gasteiger partial charge is 0.234 e. The topological polar surface area (TPSA) is 47.6 Å². The molecule has 0 spiro atoms. The minimum Gasteiger partial charge on any atom is -0.486 e. The van der Waals surface area contributed by atoms with Crippen molar-refractivity contribution in [1.29, 1.82) is 0 Å². The van der Waals surface area contributed by atoms with Crippen molar-refractivity contribution < 1.29 is 14.3 Å². The average molecular weight is 394 g/mol. The van der Waals surface area contributed by atoms with Crippen LogP contribution < -0.4 is 14.8 Å². The van der Waals surface area contributed by atoms with Crippen LogP contribution in [0.3, 0.4) is 0 Å². The highest BCUT2D eigenvalue weighted by Crippen LogP contribution is 2.32. The fourth-order valence-corrected chi connectivity index (χ4v) is 3.52. The van der Waals surface area contributed by atoms with E-state index in [9.17, 15) is 4.79 Å². The number of nitrogens with one attached hydrogen (secondary N) is 1. The van der Waals surface area contributed by atoms with E-state index >= 15 is 0 Å². The third-order valence-corrected chi connectivity index (χ3v) is 4.99. The molecule has 2 aromatic carbocycles. The van der Waals surface area contributed by atoms with E-state index < -0.39 is 0 Å². The largest absolute Gasteiger partial charge is 0.486 e. The quantitative estimate of drug-likeness (QED) is 0.788. The van der Waals surface area contributed by atoms with E-state index in [2.05, 4.69) is 21.2 Å². The summed E-state index contributed by atoms with van der Waals surface area (Å²) in [5.41, 5.74) is 1.86. The highest BCUT2D eigenvalue weighted by atomic mass is 79.9. The molecule has 0 fully saturated rings. The molecule has 0 radical (unpaired) electrons. The molecular formula is C17H16BrNO3S. The summed E-state index contributed by atoms with van der Waals surface area (Å²) in [7, 11) is 0. The molecule has 1 N–H and O–H groups in total. The Morgan fingerprint density at radius 1 is 1.17 bits per heavy atom. The summed E-state index contributed by atoms with van der Waals surface area (Å²) in [6.45, 7) is 3.12. The number of rotatable bonds is 4. The maximum Gasteiger partial charge on any atom is 0.234 e. The normalized spacial score (nSPS) is 12.8. The minimum absolute atomic E-state index is 0.0472. The maximum absolute atomic E-state index is 12.1. The zero-order valence-corrected chi connectivity index (χ0v) is 15.0. The van der Waals surface area contributed by atoms with Crippen molar-refractivity contribution >= 4 is 39.3 Å². The van der Waals surface area contributed by atoms with Crippen LogP contribution in [0.1, 0.15) is 5.56 Å². The molecule has 0 aliphatic carbocycles. The van der Waals surface area contributed by atoms with Crippen molar-refractivity contribution in [2.45, 2.75) is 11.8 Å². The van der Waals surface area contributed by atoms with E-state index in [4.69, 9.17) is 9.47 Å². The Labute approximate surface area is 147 Å². The van der Waals surface area contributed by atoms with Gasteiger partial charge in [0.05, 0.1) is 5.75 Å². The fraction of sp³-hybridized carbons (Fsp3) is 0.235. The SMILES string of the molecule is Cc1cc(Br)ccc1SCC(=O)Nc1ccc2c(c1)OCCO2. The number of amides is 1. The first kappa shape index (κ1) is 16.2. The van der Waals surface area contributed by atoms with E-state index in [1.54, 1.807) is 6.07 Å². The number of carbonyl (C=O) groups excluding carboxylic acids is 1. The molecule has 1 aliphatic heterocycles. The molecule has 0 unspecified atom stereocenters. The molecule has 6 heteroatoms. The Balaban J connectivity index is 1.59. The lowest BCUT2D eigenvalue weighted by Gasteiger charge is -2.19. The number of hydrogen-bond acceptors (Lipinski definition) is 4. The Hall–Kier alpha value is -1.66. The predicted octanol–water partition coefficient (Wildman–Crippen LogP) is 4.26. The van der Waals surface area contributed by atoms with Crippen molar-refractivity contribution in [2.75, 3.05) is 24.3 Å². The van der Waals surface area contributed by atoms with Crippen molar-refractivity contribution in [3.8, 4) is 11.5 Å². The standard InChI is InChI=1S/C17H16BrNO3S/c1-11-8-12(18)2-5-16(11)23-10-17(20)19-13-3-4-14-15(9-13)22-7-6-21-14/h2-5,8-9H,6-7,10H2,1H3,(H,19,20). The third kappa shape index (κ3) is 4.20. The van der Waals surface area contributed by atoms with Crippen molar-refractivity contribution in [1.82, 2.24) is 0 Å². The van der Waals surface area contributed by atoms with Crippen LogP contribution in [0, 0.1) is 6.92 Å². The Bertz CT molecular complexity index is 736. The van der Waals surface area contributed by atoms with Gasteiger partial charge in [0.25, 0.3) is 0 Å². The molecule has 1 aliphatic rings. The molecule has 0 atom stereocenters. The molecule has 0 saturated carbocycles. The van der Waals surface area contributed by atoms with Gasteiger partial charge in [0, 0.05) is 21.1 Å². The lowest BCUT2D eigenvalue weighted by atomic mass is 10.2. The molecule has 0 bridgehead atoms. The van der Waals surface area contributed by atoms with Gasteiger partial charge in [-0.3, -0.25) is 4.79 Å². The molecule has 3 rings (SSSR count). The second-order valence-electron chi connectivity index (χ2n) is 5.11. The summed E-state index contributed by atoms with van der Waals surface area (Å²) in [5.74, 6) is 1.70. The number of benzene rings is 2. The monoisotopic (exact) mass is 393 g/mol. The number of carbonyl (C=O) groups is 1. The molecule has 120 valence electrons. The number of thioether (sulfide) groups is 1. The summed E-state index contributed by atoms with van der Waals surface area (Å²) in [6, 6.07) is 11.5. The number of anilines is 1. The summed E-state index contributed by atoms with van der Waals surface area (Å²) < 4.78 is 12.0. The maximum atomic E-state index is 12.1. The van der Waals surface area contributed by atoms with Gasteiger partial charge >= 0.3 is 0 Å². The minimum atomic E-state index is -0.0472. The van der Waals surface area contributed by atoms with Gasteiger partial charge in [-0.15, -0.1) is 11.8 Å². The molecule has 4 nitrogen and oxygen atoms in total. The van der Waals surface area contributed by atoms with Gasteiger partial charge in [-0.1, -0.05) is 15.9 Å². The molecule has 1 heterocycles. The lowest BCUT2D eigenvalue weighted by Crippen LogP contribution is -2.17. The summed E-state index contributed by atoms with van der Waals surface area (Å²) in [6.07, 6.45) is 0. The molecule has 2 aromatic rings. The van der Waals surface area contributed by atoms with Crippen LogP contribution in [-0.4, -0.2) is 24.9 Å². The first-order chi connectivity index (χ1) is 11.1. The van der Waals surface area contributed by atoms with Crippen LogP contribution in [-0.2, 0) is 4.79 Å². The van der Waals surface area contributed by atoms with Crippen LogP contribution in [0.25, 0.3) is 0 Å². The van der Waals surface area contributed by atoms with Gasteiger partial charge in [0.2, 0.25) is 5.91 Å². The fourth-order valence-electron chi connectivity index (χ4n) is 2.24. The highest BCUT2D eigenvalue weighted by molar-refractivity contribution is 9.10. The van der Waals surface area contributed by atoms with Crippen LogP contribution >= 0.6 is 27.7 Å². The van der Waals surface area contributed by atoms with Gasteiger partial charge in [0.1, 0.15) is 13.2 Å². The Kier molecular flexibility index (Phi) is 5.13. The number of fused-ring (bicyclic) bond motifs is 1. The third-order valence-electron chi connectivity index (χ3n) is 3.32. The van der Waals surface area contributed by atoms with Crippen molar-refractivity contribution in [2.24, 2.45) is 0 Å². The molecule has 1 amide bonds. The lowest BCUT2D eigenvalue weighted by molar-refractivity contribution is -0.113. The second kappa shape index (κ2) is 7.27. The highest BCUT2D eigenvalue weighted by Gasteiger charge is 2.13. The molecule has 23 heavy (non-hydrogen) atoms. The van der Waals surface area contributed by atoms with Crippen LogP contribution in [0.15, 0.2) is 45.8 Å². The van der Waals surface area contributed by atoms with Gasteiger partial charge in [0.15, 0.2) is 11.5 Å². The zero-order valence-electron chi connectivity index (χ0n) is 12.6. The number of halogens is 1. The Morgan fingerprint density at radius 3 is 2.74 bits per heavy atom. The van der Waals surface area contributed by atoms with Gasteiger partial charge in [-0.2, -0.15) is 0 Å². The Morgan fingerprint density at radius 2 is 1.96 bits per heavy atom. The predicted molar refractivity (Wildman–Crippen MR) is 95.7 cm³/mol. The van der Waals surface area contributed by atoms with Crippen molar-refractivity contribution in [3.63, 3.8) is 0 Å². The summed E-state index contributed by atoms with van der Waals surface area (Å²) in [4.78, 5) is 13.2. The second-order valence-corrected chi connectivity index (χ2v) is 7.04. The molecule has 0 saturated heterocycles. The van der Waals surface area contributed by atoms with Crippen LogP contribution in [0.4, 0.5) is 5.69 Å². The van der Waals surface area contributed by atoms with Crippen molar-refractivity contribution in [3.05, 3.63) is 46.4 Å². The first-order valence-electron chi connectivity index (χ1n) is 7.20. The summed E-state index contributed by atoms with van der Waals surface area (Å²) >= 11 is 4.96. The number of ether oxygens (including phenoxy) is 2. The van der Waals surface area contributed by atoms with E-state index in [0.29, 0.717) is 36.2 Å². The molecule has 0 aromatic heterocycles. The first-order valence-corrected chi connectivity index (χ1v) is 8.98. The summed E-state index contributed by atoms with van der Waals surface area (Å²) in [5, 5.41) is 2.89. The van der Waals surface area contributed by atoms with Gasteiger partial charge < -0.3 is 14.8 Å². The van der Waals surface area contributed by atoms with E-state index in [0.717, 1.165) is 14.9 Å². The zero-order chi connectivity index (χ0) is 16.2. The van der Waals surface area contributed by atoms with Gasteiger partial charge in [-0.25, -0.2) is 0 Å². The van der Waals surface area contributed by atoms with E-state index in [-0.39, 0.29) is 5.91 Å². The van der Waals surface area contributed by atoms with Gasteiger partial charge in [-0.05, 0) is 42.8 Å². The van der Waals surface area contributed by atoms with Crippen LogP contribution in [0.2, 0.25) is 0 Å². The average Bonchev–Trinajstić information content (AvgIpc) is 2.54. The number of aryl methyl sites for hydroxylation is 1. The molecular weight excluding hydrogens is 378 g/mol. The van der Waals surface area contributed by atoms with Crippen LogP contribution in [0.5, 0.6) is 11.5 Å². The number of hydrogen-bond donors (Lipinski definition) is 1.